The van der Waals surface area contributed by atoms with Gasteiger partial charge >= 0.3 is 0 Å². The minimum atomic E-state index is 0. The van der Waals surface area contributed by atoms with Gasteiger partial charge in [-0.15, -0.1) is 24.0 Å². The number of halogens is 1. The van der Waals surface area contributed by atoms with Crippen molar-refractivity contribution in [1.82, 2.24) is 25.3 Å². The van der Waals surface area contributed by atoms with Gasteiger partial charge in [0.05, 0.1) is 12.7 Å². The van der Waals surface area contributed by atoms with Gasteiger partial charge in [-0.3, -0.25) is 9.48 Å². The first kappa shape index (κ1) is 19.7. The molecule has 0 spiro atoms. The Morgan fingerprint density at radius 2 is 2.26 bits per heavy atom. The number of aliphatic imine (C=N–C) groups is 1. The van der Waals surface area contributed by atoms with E-state index in [0.29, 0.717) is 13.0 Å². The Kier molecular flexibility index (Phi) is 8.35. The number of carbonyl (C=O) groups excluding carboxylic acids is 1. The van der Waals surface area contributed by atoms with Crippen LogP contribution in [-0.4, -0.2) is 52.2 Å². The van der Waals surface area contributed by atoms with E-state index in [1.807, 2.05) is 38.2 Å². The molecule has 2 rings (SSSR count). The summed E-state index contributed by atoms with van der Waals surface area (Å²) in [6.07, 6.45) is 5.32. The Morgan fingerprint density at radius 1 is 1.48 bits per heavy atom. The lowest BCUT2D eigenvalue weighted by Crippen LogP contribution is -2.45. The number of aromatic nitrogens is 2. The predicted molar refractivity (Wildman–Crippen MR) is 102 cm³/mol. The number of nitrogens with zero attached hydrogens (tertiary/aromatic N) is 4. The maximum Gasteiger partial charge on any atom is 0.222 e. The summed E-state index contributed by atoms with van der Waals surface area (Å²) in [5.41, 5.74) is 1.08. The second-order valence-electron chi connectivity index (χ2n) is 5.54. The van der Waals surface area contributed by atoms with E-state index < -0.39 is 0 Å². The molecular formula is C15H27IN6O. The van der Waals surface area contributed by atoms with Crippen molar-refractivity contribution in [2.75, 3.05) is 19.6 Å². The second kappa shape index (κ2) is 9.74. The van der Waals surface area contributed by atoms with Gasteiger partial charge in [0, 0.05) is 50.9 Å². The first-order valence-electron chi connectivity index (χ1n) is 7.92. The van der Waals surface area contributed by atoms with Crippen molar-refractivity contribution in [2.45, 2.75) is 39.3 Å². The molecule has 8 heteroatoms. The Hall–Kier alpha value is -1.32. The zero-order chi connectivity index (χ0) is 15.9. The zero-order valence-corrected chi connectivity index (χ0v) is 16.4. The van der Waals surface area contributed by atoms with Crippen molar-refractivity contribution in [2.24, 2.45) is 12.0 Å². The number of aryl methyl sites for hydroxylation is 1. The van der Waals surface area contributed by atoms with Gasteiger partial charge in [0.2, 0.25) is 5.91 Å². The molecule has 7 nitrogen and oxygen atoms in total. The number of hydrogen-bond acceptors (Lipinski definition) is 3. The molecule has 1 aromatic heterocycles. The molecule has 2 N–H and O–H groups in total. The molecule has 23 heavy (non-hydrogen) atoms. The lowest BCUT2D eigenvalue weighted by molar-refractivity contribution is -0.129. The van der Waals surface area contributed by atoms with Crippen molar-refractivity contribution < 1.29 is 4.79 Å². The Balaban J connectivity index is 0.00000264. The van der Waals surface area contributed by atoms with Crippen molar-refractivity contribution in [1.29, 1.82) is 0 Å². The lowest BCUT2D eigenvalue weighted by Gasteiger charge is -2.18. The van der Waals surface area contributed by atoms with Crippen molar-refractivity contribution in [3.05, 3.63) is 18.0 Å². The number of nitrogens with one attached hydrogen (secondary N) is 2. The van der Waals surface area contributed by atoms with Gasteiger partial charge < -0.3 is 15.5 Å². The fraction of sp³-hybridized carbons (Fsp3) is 0.667. The molecule has 0 aliphatic carbocycles. The summed E-state index contributed by atoms with van der Waals surface area (Å²) >= 11 is 0. The third-order valence-corrected chi connectivity index (χ3v) is 3.71. The van der Waals surface area contributed by atoms with E-state index in [9.17, 15) is 4.79 Å². The van der Waals surface area contributed by atoms with Crippen molar-refractivity contribution >= 4 is 35.8 Å². The molecule has 130 valence electrons. The van der Waals surface area contributed by atoms with Crippen LogP contribution in [0.1, 0.15) is 32.3 Å². The highest BCUT2D eigenvalue weighted by atomic mass is 127. The summed E-state index contributed by atoms with van der Waals surface area (Å²) in [7, 11) is 1.90. The molecule has 0 radical (unpaired) electrons. The van der Waals surface area contributed by atoms with E-state index in [1.54, 1.807) is 4.68 Å². The molecule has 1 aromatic rings. The number of likely N-dealkylation sites (tertiary alicyclic amines) is 1. The molecule has 1 aliphatic heterocycles. The van der Waals surface area contributed by atoms with Crippen molar-refractivity contribution in [3.8, 4) is 0 Å². The van der Waals surface area contributed by atoms with Gasteiger partial charge in [0.1, 0.15) is 0 Å². The summed E-state index contributed by atoms with van der Waals surface area (Å²) in [6, 6.07) is 0.266. The van der Waals surface area contributed by atoms with Crippen LogP contribution in [0.15, 0.2) is 17.4 Å². The first-order valence-corrected chi connectivity index (χ1v) is 7.92. The Morgan fingerprint density at radius 3 is 2.87 bits per heavy atom. The zero-order valence-electron chi connectivity index (χ0n) is 14.1. The maximum absolute atomic E-state index is 11.7. The normalized spacial score (nSPS) is 17.8. The summed E-state index contributed by atoms with van der Waals surface area (Å²) < 4.78 is 1.77. The van der Waals surface area contributed by atoms with E-state index in [1.165, 1.54) is 0 Å². The summed E-state index contributed by atoms with van der Waals surface area (Å²) in [5.74, 6) is 1.02. The third-order valence-electron chi connectivity index (χ3n) is 3.71. The standard InChI is InChI=1S/C15H26N6O.HI/c1-4-14(22)21-7-6-13(11-21)19-15(16-5-2)17-8-12-9-18-20(3)10-12;/h9-10,13H,4-8,11H2,1-3H3,(H2,16,17,19);1H. The van der Waals surface area contributed by atoms with Gasteiger partial charge in [0.25, 0.3) is 0 Å². The van der Waals surface area contributed by atoms with Gasteiger partial charge in [0.15, 0.2) is 5.96 Å². The molecule has 0 saturated carbocycles. The topological polar surface area (TPSA) is 74.6 Å². The van der Waals surface area contributed by atoms with Gasteiger partial charge in [-0.1, -0.05) is 6.92 Å². The molecule has 1 fully saturated rings. The van der Waals surface area contributed by atoms with Gasteiger partial charge in [-0.2, -0.15) is 5.10 Å². The lowest BCUT2D eigenvalue weighted by atomic mass is 10.3. The van der Waals surface area contributed by atoms with Crippen LogP contribution in [0.2, 0.25) is 0 Å². The molecule has 1 saturated heterocycles. The number of carbonyl (C=O) groups is 1. The molecule has 1 unspecified atom stereocenters. The molecule has 2 heterocycles. The van der Waals surface area contributed by atoms with Crippen molar-refractivity contribution in [3.63, 3.8) is 0 Å². The number of hydrogen-bond donors (Lipinski definition) is 2. The quantitative estimate of drug-likeness (QED) is 0.414. The van der Waals surface area contributed by atoms with Crippen LogP contribution in [0.4, 0.5) is 0 Å². The number of rotatable bonds is 5. The van der Waals surface area contributed by atoms with E-state index in [0.717, 1.165) is 37.6 Å². The molecule has 1 amide bonds. The molecule has 1 aliphatic rings. The summed E-state index contributed by atoms with van der Waals surface area (Å²) in [6.45, 7) is 6.93. The summed E-state index contributed by atoms with van der Waals surface area (Å²) in [4.78, 5) is 18.2. The smallest absolute Gasteiger partial charge is 0.222 e. The minimum Gasteiger partial charge on any atom is -0.357 e. The van der Waals surface area contributed by atoms with E-state index >= 15 is 0 Å². The fourth-order valence-corrected chi connectivity index (χ4v) is 2.57. The molecular weight excluding hydrogens is 407 g/mol. The highest BCUT2D eigenvalue weighted by Crippen LogP contribution is 2.10. The monoisotopic (exact) mass is 434 g/mol. The predicted octanol–water partition coefficient (Wildman–Crippen LogP) is 1.10. The molecule has 0 aromatic carbocycles. The highest BCUT2D eigenvalue weighted by Gasteiger charge is 2.25. The summed E-state index contributed by atoms with van der Waals surface area (Å²) in [5, 5.41) is 10.8. The maximum atomic E-state index is 11.7. The van der Waals surface area contributed by atoms with E-state index in [4.69, 9.17) is 0 Å². The van der Waals surface area contributed by atoms with E-state index in [-0.39, 0.29) is 35.9 Å². The first-order chi connectivity index (χ1) is 10.6. The molecule has 0 bridgehead atoms. The van der Waals surface area contributed by atoms with Crippen LogP contribution in [0.3, 0.4) is 0 Å². The van der Waals surface area contributed by atoms with Crippen LogP contribution in [0.25, 0.3) is 0 Å². The Bertz CT molecular complexity index is 530. The van der Waals surface area contributed by atoms with Crippen LogP contribution in [0, 0.1) is 0 Å². The number of amides is 1. The second-order valence-corrected chi connectivity index (χ2v) is 5.54. The van der Waals surface area contributed by atoms with Crippen LogP contribution in [0.5, 0.6) is 0 Å². The molecule has 1 atom stereocenters. The van der Waals surface area contributed by atoms with Crippen LogP contribution >= 0.6 is 24.0 Å². The van der Waals surface area contributed by atoms with E-state index in [2.05, 4.69) is 20.7 Å². The fourth-order valence-electron chi connectivity index (χ4n) is 2.57. The Labute approximate surface area is 154 Å². The third kappa shape index (κ3) is 6.00. The van der Waals surface area contributed by atoms with Gasteiger partial charge in [-0.25, -0.2) is 4.99 Å². The number of guanidine groups is 1. The van der Waals surface area contributed by atoms with Crippen LogP contribution < -0.4 is 10.6 Å². The SMILES string of the molecule is CCNC(=NCc1cnn(C)c1)NC1CCN(C(=O)CC)C1.I. The van der Waals surface area contributed by atoms with Crippen LogP contribution in [-0.2, 0) is 18.4 Å². The average molecular weight is 434 g/mol. The largest absolute Gasteiger partial charge is 0.357 e. The minimum absolute atomic E-state index is 0. The average Bonchev–Trinajstić information content (AvgIpc) is 3.13. The van der Waals surface area contributed by atoms with Gasteiger partial charge in [-0.05, 0) is 13.3 Å². The highest BCUT2D eigenvalue weighted by molar-refractivity contribution is 14.0.